The molecule has 0 unspecified atom stereocenters. The lowest BCUT2D eigenvalue weighted by molar-refractivity contribution is -0.140. The van der Waals surface area contributed by atoms with E-state index in [-0.39, 0.29) is 19.0 Å². The Morgan fingerprint density at radius 1 is 1.06 bits per heavy atom. The summed E-state index contributed by atoms with van der Waals surface area (Å²) < 4.78 is 50.2. The molecule has 3 heterocycles. The quantitative estimate of drug-likeness (QED) is 0.457. The topological polar surface area (TPSA) is 68.5 Å². The molecule has 0 N–H and O–H groups in total. The van der Waals surface area contributed by atoms with Crippen molar-refractivity contribution in [2.75, 3.05) is 13.1 Å². The van der Waals surface area contributed by atoms with Gasteiger partial charge in [0.15, 0.2) is 5.76 Å². The number of ether oxygens (including phenoxy) is 1. The van der Waals surface area contributed by atoms with E-state index in [1.807, 2.05) is 30.3 Å². The Balaban J connectivity index is 1.31. The first-order chi connectivity index (χ1) is 15.4. The molecule has 0 atom stereocenters. The second kappa shape index (κ2) is 7.67. The van der Waals surface area contributed by atoms with Gasteiger partial charge in [-0.05, 0) is 30.3 Å². The highest BCUT2D eigenvalue weighted by Gasteiger charge is 2.38. The molecule has 0 radical (unpaired) electrons. The van der Waals surface area contributed by atoms with E-state index in [4.69, 9.17) is 9.26 Å². The van der Waals surface area contributed by atoms with Crippen LogP contribution in [0.15, 0.2) is 71.4 Å². The van der Waals surface area contributed by atoms with Crippen LogP contribution in [0, 0.1) is 0 Å². The molecule has 1 fully saturated rings. The van der Waals surface area contributed by atoms with Crippen molar-refractivity contribution >= 4 is 16.8 Å². The van der Waals surface area contributed by atoms with Gasteiger partial charge in [-0.2, -0.15) is 13.2 Å². The number of fused-ring (bicyclic) bond motifs is 1. The van der Waals surface area contributed by atoms with Gasteiger partial charge in [0, 0.05) is 17.3 Å². The summed E-state index contributed by atoms with van der Waals surface area (Å²) in [6.07, 6.45) is -3.88. The number of rotatable bonds is 4. The first-order valence-electron chi connectivity index (χ1n) is 9.83. The van der Waals surface area contributed by atoms with E-state index in [2.05, 4.69) is 10.1 Å². The Bertz CT molecular complexity index is 1280. The Morgan fingerprint density at radius 2 is 1.84 bits per heavy atom. The second-order valence-corrected chi connectivity index (χ2v) is 7.41. The maximum atomic E-state index is 13.1. The number of nitrogens with zero attached hydrogens (tertiary/aromatic N) is 3. The monoisotopic (exact) mass is 439 g/mol. The number of aromatic nitrogens is 2. The summed E-state index contributed by atoms with van der Waals surface area (Å²) in [5.41, 5.74) is 0.967. The Hall–Kier alpha value is -3.88. The average Bonchev–Trinajstić information content (AvgIpc) is 3.19. The summed E-state index contributed by atoms with van der Waals surface area (Å²) in [4.78, 5) is 18.1. The molecule has 162 valence electrons. The van der Waals surface area contributed by atoms with Gasteiger partial charge in [-0.15, -0.1) is 0 Å². The van der Waals surface area contributed by atoms with E-state index >= 15 is 0 Å². The van der Waals surface area contributed by atoms with E-state index in [0.29, 0.717) is 22.2 Å². The van der Waals surface area contributed by atoms with Gasteiger partial charge in [0.2, 0.25) is 5.88 Å². The maximum Gasteiger partial charge on any atom is 0.421 e. The zero-order chi connectivity index (χ0) is 22.3. The molecule has 0 spiro atoms. The molecule has 6 nitrogen and oxygen atoms in total. The fraction of sp³-hybridized carbons (Fsp3) is 0.174. The summed E-state index contributed by atoms with van der Waals surface area (Å²) in [6, 6.07) is 16.6. The van der Waals surface area contributed by atoms with Crippen LogP contribution >= 0.6 is 0 Å². The van der Waals surface area contributed by atoms with Gasteiger partial charge >= 0.3 is 6.18 Å². The van der Waals surface area contributed by atoms with E-state index in [1.54, 1.807) is 18.2 Å². The number of pyridine rings is 1. The predicted molar refractivity (Wildman–Crippen MR) is 109 cm³/mol. The van der Waals surface area contributed by atoms with E-state index in [0.717, 1.165) is 11.6 Å². The number of alkyl halides is 3. The maximum absolute atomic E-state index is 13.1. The molecule has 4 aromatic rings. The number of benzene rings is 2. The van der Waals surface area contributed by atoms with Gasteiger partial charge in [0.05, 0.1) is 18.5 Å². The minimum atomic E-state index is -4.56. The molecule has 1 amide bonds. The molecule has 32 heavy (non-hydrogen) atoms. The molecule has 2 aromatic heterocycles. The fourth-order valence-electron chi connectivity index (χ4n) is 3.59. The van der Waals surface area contributed by atoms with Crippen molar-refractivity contribution in [1.29, 1.82) is 0 Å². The lowest BCUT2D eigenvalue weighted by Gasteiger charge is -2.39. The van der Waals surface area contributed by atoms with Crippen LogP contribution in [0.1, 0.15) is 15.9 Å². The van der Waals surface area contributed by atoms with Crippen molar-refractivity contribution in [3.8, 4) is 17.2 Å². The van der Waals surface area contributed by atoms with Gasteiger partial charge in [-0.3, -0.25) is 4.79 Å². The van der Waals surface area contributed by atoms with Crippen LogP contribution in [-0.4, -0.2) is 40.1 Å². The highest BCUT2D eigenvalue weighted by molar-refractivity contribution is 6.01. The van der Waals surface area contributed by atoms with Crippen LogP contribution in [0.4, 0.5) is 13.2 Å². The lowest BCUT2D eigenvalue weighted by Crippen LogP contribution is -2.56. The van der Waals surface area contributed by atoms with Crippen LogP contribution in [-0.2, 0) is 6.18 Å². The van der Waals surface area contributed by atoms with E-state index < -0.39 is 23.7 Å². The highest BCUT2D eigenvalue weighted by Crippen LogP contribution is 2.36. The van der Waals surface area contributed by atoms with Crippen LogP contribution < -0.4 is 4.74 Å². The van der Waals surface area contributed by atoms with Gasteiger partial charge in [0.25, 0.3) is 5.91 Å². The molecular weight excluding hydrogens is 423 g/mol. The third-order valence-electron chi connectivity index (χ3n) is 5.25. The number of hydrogen-bond acceptors (Lipinski definition) is 5. The smallest absolute Gasteiger partial charge is 0.421 e. The third-order valence-corrected chi connectivity index (χ3v) is 5.25. The average molecular weight is 439 g/mol. The van der Waals surface area contributed by atoms with Crippen molar-refractivity contribution in [2.45, 2.75) is 12.3 Å². The SMILES string of the molecule is O=C(c1ccc2noc(-c3ccccc3)c2c1)N1CC(Oc2ncccc2C(F)(F)F)C1. The molecule has 1 aliphatic heterocycles. The molecule has 2 aromatic carbocycles. The van der Waals surface area contributed by atoms with Gasteiger partial charge in [0.1, 0.15) is 17.2 Å². The number of halogens is 3. The zero-order valence-corrected chi connectivity index (χ0v) is 16.5. The number of likely N-dealkylation sites (tertiary alicyclic amines) is 1. The van der Waals surface area contributed by atoms with Gasteiger partial charge in [-0.1, -0.05) is 35.5 Å². The summed E-state index contributed by atoms with van der Waals surface area (Å²) in [5, 5.41) is 4.75. The van der Waals surface area contributed by atoms with Crippen molar-refractivity contribution in [3.05, 3.63) is 78.0 Å². The summed E-state index contributed by atoms with van der Waals surface area (Å²) in [7, 11) is 0. The molecule has 1 aliphatic rings. The lowest BCUT2D eigenvalue weighted by atomic mass is 10.0. The predicted octanol–water partition coefficient (Wildman–Crippen LogP) is 4.81. The number of carbonyl (C=O) groups is 1. The Morgan fingerprint density at radius 3 is 2.59 bits per heavy atom. The first-order valence-corrected chi connectivity index (χ1v) is 9.83. The minimum Gasteiger partial charge on any atom is -0.470 e. The number of carbonyl (C=O) groups excluding carboxylic acids is 1. The van der Waals surface area contributed by atoms with Crippen molar-refractivity contribution in [1.82, 2.24) is 15.0 Å². The number of hydrogen-bond donors (Lipinski definition) is 0. The van der Waals surface area contributed by atoms with Gasteiger partial charge < -0.3 is 14.2 Å². The normalized spacial score (nSPS) is 14.4. The molecule has 0 bridgehead atoms. The van der Waals surface area contributed by atoms with Crippen LogP contribution in [0.2, 0.25) is 0 Å². The van der Waals surface area contributed by atoms with Crippen LogP contribution in [0.25, 0.3) is 22.2 Å². The number of amides is 1. The highest BCUT2D eigenvalue weighted by atomic mass is 19.4. The summed E-state index contributed by atoms with van der Waals surface area (Å²) >= 11 is 0. The Kier molecular flexibility index (Phi) is 4.80. The molecule has 0 aliphatic carbocycles. The standard InChI is InChI=1S/C23H16F3N3O3/c24-23(25,26)18-7-4-10-27-21(18)31-16-12-29(13-16)22(30)15-8-9-19-17(11-15)20(32-28-19)14-5-2-1-3-6-14/h1-11,16H,12-13H2. The van der Waals surface area contributed by atoms with Crippen molar-refractivity contribution < 1.29 is 27.2 Å². The molecular formula is C23H16F3N3O3. The van der Waals surface area contributed by atoms with Crippen molar-refractivity contribution in [2.24, 2.45) is 0 Å². The molecule has 9 heteroatoms. The largest absolute Gasteiger partial charge is 0.470 e. The summed E-state index contributed by atoms with van der Waals surface area (Å²) in [6.45, 7) is 0.333. The van der Waals surface area contributed by atoms with Gasteiger partial charge in [-0.25, -0.2) is 4.98 Å². The minimum absolute atomic E-state index is 0.167. The second-order valence-electron chi connectivity index (χ2n) is 7.41. The van der Waals surface area contributed by atoms with Crippen molar-refractivity contribution in [3.63, 3.8) is 0 Å². The molecule has 0 saturated carbocycles. The Labute approximate surface area is 180 Å². The van der Waals surface area contributed by atoms with Crippen LogP contribution in [0.3, 0.4) is 0 Å². The first kappa shape index (κ1) is 20.0. The van der Waals surface area contributed by atoms with Crippen LogP contribution in [0.5, 0.6) is 5.88 Å². The molecule has 1 saturated heterocycles. The van der Waals surface area contributed by atoms with E-state index in [9.17, 15) is 18.0 Å². The zero-order valence-electron chi connectivity index (χ0n) is 16.5. The molecule has 5 rings (SSSR count). The third kappa shape index (κ3) is 3.66. The van der Waals surface area contributed by atoms with E-state index in [1.165, 1.54) is 17.2 Å². The summed E-state index contributed by atoms with van der Waals surface area (Å²) in [5.74, 6) is -0.158. The fourth-order valence-corrected chi connectivity index (χ4v) is 3.59.